The Hall–Kier alpha value is -3.60. The van der Waals surface area contributed by atoms with Gasteiger partial charge in [0.1, 0.15) is 0 Å². The Labute approximate surface area is 181 Å². The minimum Gasteiger partial charge on any atom is -0.503 e. The first-order valence-electron chi connectivity index (χ1n) is 10.2. The van der Waals surface area contributed by atoms with Gasteiger partial charge in [-0.15, -0.1) is 0 Å². The van der Waals surface area contributed by atoms with E-state index in [1.165, 1.54) is 17.2 Å². The van der Waals surface area contributed by atoms with E-state index in [1.807, 2.05) is 54.6 Å². The molecule has 0 fully saturated rings. The fourth-order valence-corrected chi connectivity index (χ4v) is 3.88. The average Bonchev–Trinajstić information content (AvgIpc) is 3.37. The van der Waals surface area contributed by atoms with Crippen molar-refractivity contribution in [3.05, 3.63) is 107 Å². The number of rotatable bonds is 5. The number of Topliss-reactive ketones (excluding diaryl/α,β-unsaturated/α-hetero) is 1. The fraction of sp³-hybridized carbons (Fsp3) is 0.231. The van der Waals surface area contributed by atoms with Crippen LogP contribution in [0.5, 0.6) is 0 Å². The number of carbonyl (C=O) groups excluding carboxylic acids is 2. The summed E-state index contributed by atoms with van der Waals surface area (Å²) in [5, 5.41) is 10.7. The minimum absolute atomic E-state index is 0.0292. The van der Waals surface area contributed by atoms with Gasteiger partial charge in [0.25, 0.3) is 5.91 Å². The van der Waals surface area contributed by atoms with Crippen LogP contribution in [0.1, 0.15) is 54.1 Å². The van der Waals surface area contributed by atoms with Gasteiger partial charge in [-0.3, -0.25) is 9.59 Å². The van der Waals surface area contributed by atoms with Crippen LogP contribution < -0.4 is 0 Å². The molecule has 5 nitrogen and oxygen atoms in total. The van der Waals surface area contributed by atoms with Gasteiger partial charge in [0.05, 0.1) is 17.9 Å². The summed E-state index contributed by atoms with van der Waals surface area (Å²) in [7, 11) is 0. The molecule has 158 valence electrons. The van der Waals surface area contributed by atoms with Gasteiger partial charge in [-0.2, -0.15) is 0 Å². The highest BCUT2D eigenvalue weighted by molar-refractivity contribution is 6.15. The Morgan fingerprint density at radius 2 is 1.68 bits per heavy atom. The first-order chi connectivity index (χ1) is 14.8. The lowest BCUT2D eigenvalue weighted by molar-refractivity contribution is -0.130. The van der Waals surface area contributed by atoms with E-state index in [4.69, 9.17) is 4.42 Å². The molecule has 0 radical (unpaired) electrons. The van der Waals surface area contributed by atoms with Crippen molar-refractivity contribution in [1.29, 1.82) is 0 Å². The van der Waals surface area contributed by atoms with E-state index >= 15 is 0 Å². The molecule has 0 saturated heterocycles. The molecule has 0 aliphatic carbocycles. The quantitative estimate of drug-likeness (QED) is 0.570. The van der Waals surface area contributed by atoms with Crippen molar-refractivity contribution in [1.82, 2.24) is 4.90 Å². The van der Waals surface area contributed by atoms with Crippen LogP contribution in [0.25, 0.3) is 0 Å². The van der Waals surface area contributed by atoms with Gasteiger partial charge in [0, 0.05) is 6.54 Å². The lowest BCUT2D eigenvalue weighted by atomic mass is 9.85. The third-order valence-electron chi connectivity index (χ3n) is 5.58. The average molecular weight is 415 g/mol. The molecule has 1 amide bonds. The molecule has 1 aliphatic rings. The number of amides is 1. The number of aliphatic hydroxyl groups excluding tert-OH is 1. The van der Waals surface area contributed by atoms with Crippen LogP contribution in [-0.4, -0.2) is 21.7 Å². The molecular formula is C26H25NO4. The van der Waals surface area contributed by atoms with E-state index in [1.54, 1.807) is 6.07 Å². The molecule has 1 unspecified atom stereocenters. The zero-order chi connectivity index (χ0) is 22.2. The molecule has 1 aliphatic heterocycles. The summed E-state index contributed by atoms with van der Waals surface area (Å²) < 4.78 is 5.27. The number of hydrogen-bond donors (Lipinski definition) is 1. The maximum absolute atomic E-state index is 13.2. The van der Waals surface area contributed by atoms with Crippen LogP contribution in [0.2, 0.25) is 0 Å². The van der Waals surface area contributed by atoms with Crippen molar-refractivity contribution in [2.24, 2.45) is 0 Å². The molecule has 4 rings (SSSR count). The summed E-state index contributed by atoms with van der Waals surface area (Å²) in [6, 6.07) is 19.8. The normalized spacial score (nSPS) is 16.8. The highest BCUT2D eigenvalue weighted by Gasteiger charge is 2.44. The maximum atomic E-state index is 13.2. The lowest BCUT2D eigenvalue weighted by Gasteiger charge is -2.27. The monoisotopic (exact) mass is 415 g/mol. The number of furan rings is 1. The van der Waals surface area contributed by atoms with Crippen LogP contribution >= 0.6 is 0 Å². The first kappa shape index (κ1) is 20.7. The second-order valence-corrected chi connectivity index (χ2v) is 8.76. The van der Waals surface area contributed by atoms with Crippen molar-refractivity contribution in [3.8, 4) is 0 Å². The topological polar surface area (TPSA) is 70.7 Å². The molecule has 2 heterocycles. The van der Waals surface area contributed by atoms with Gasteiger partial charge in [-0.05, 0) is 34.2 Å². The molecule has 1 N–H and O–H groups in total. The summed E-state index contributed by atoms with van der Waals surface area (Å²) in [5.74, 6) is -1.49. The first-order valence-corrected chi connectivity index (χ1v) is 10.2. The number of aliphatic hydroxyl groups is 1. The second kappa shape index (κ2) is 7.91. The van der Waals surface area contributed by atoms with E-state index < -0.39 is 23.5 Å². The van der Waals surface area contributed by atoms with E-state index in [0.29, 0.717) is 0 Å². The maximum Gasteiger partial charge on any atom is 0.290 e. The number of benzene rings is 2. The molecule has 1 atom stereocenters. The van der Waals surface area contributed by atoms with Gasteiger partial charge in [-0.1, -0.05) is 75.4 Å². The summed E-state index contributed by atoms with van der Waals surface area (Å²) in [6.07, 6.45) is 1.40. The van der Waals surface area contributed by atoms with E-state index in [0.717, 1.165) is 16.7 Å². The molecule has 0 saturated carbocycles. The van der Waals surface area contributed by atoms with Crippen molar-refractivity contribution in [3.63, 3.8) is 0 Å². The lowest BCUT2D eigenvalue weighted by Crippen LogP contribution is -2.30. The van der Waals surface area contributed by atoms with E-state index in [-0.39, 0.29) is 23.3 Å². The standard InChI is InChI=1S/C26H25NO4/c1-26(2,3)19-13-11-18(12-14-19)22-21(23(28)20-10-7-15-31-20)24(29)25(30)27(22)16-17-8-5-4-6-9-17/h4-15,22,29H,16H2,1-3H3. The summed E-state index contributed by atoms with van der Waals surface area (Å²) in [5.41, 5.74) is 2.82. The van der Waals surface area contributed by atoms with Crippen molar-refractivity contribution < 1.29 is 19.1 Å². The Bertz CT molecular complexity index is 1120. The molecule has 3 aromatic rings. The fourth-order valence-electron chi connectivity index (χ4n) is 3.88. The molecule has 1 aromatic heterocycles. The van der Waals surface area contributed by atoms with Crippen LogP contribution in [0.15, 0.2) is 88.7 Å². The molecule has 2 aromatic carbocycles. The summed E-state index contributed by atoms with van der Waals surface area (Å²) >= 11 is 0. The van der Waals surface area contributed by atoms with E-state index in [2.05, 4.69) is 20.8 Å². The Morgan fingerprint density at radius 1 is 1.00 bits per heavy atom. The zero-order valence-corrected chi connectivity index (χ0v) is 17.8. The molecule has 5 heteroatoms. The number of hydrogen-bond acceptors (Lipinski definition) is 4. The van der Waals surface area contributed by atoms with Crippen LogP contribution in [0.3, 0.4) is 0 Å². The van der Waals surface area contributed by atoms with Crippen LogP contribution in [0, 0.1) is 0 Å². The predicted molar refractivity (Wildman–Crippen MR) is 118 cm³/mol. The summed E-state index contributed by atoms with van der Waals surface area (Å²) in [4.78, 5) is 27.8. The molecule has 31 heavy (non-hydrogen) atoms. The second-order valence-electron chi connectivity index (χ2n) is 8.76. The van der Waals surface area contributed by atoms with Crippen molar-refractivity contribution >= 4 is 11.7 Å². The van der Waals surface area contributed by atoms with Gasteiger partial charge >= 0.3 is 0 Å². The number of nitrogens with zero attached hydrogens (tertiary/aromatic N) is 1. The largest absolute Gasteiger partial charge is 0.503 e. The molecule has 0 spiro atoms. The highest BCUT2D eigenvalue weighted by Crippen LogP contribution is 2.40. The third kappa shape index (κ3) is 3.91. The van der Waals surface area contributed by atoms with Crippen molar-refractivity contribution in [2.45, 2.75) is 38.8 Å². The minimum atomic E-state index is -0.709. The number of ketones is 1. The van der Waals surface area contributed by atoms with Gasteiger partial charge in [0.2, 0.25) is 5.78 Å². The molecular weight excluding hydrogens is 390 g/mol. The van der Waals surface area contributed by atoms with Gasteiger partial charge < -0.3 is 14.4 Å². The molecule has 0 bridgehead atoms. The van der Waals surface area contributed by atoms with E-state index in [9.17, 15) is 14.7 Å². The van der Waals surface area contributed by atoms with Crippen molar-refractivity contribution in [2.75, 3.05) is 0 Å². The van der Waals surface area contributed by atoms with Gasteiger partial charge in [0.15, 0.2) is 11.5 Å². The number of carbonyl (C=O) groups is 2. The van der Waals surface area contributed by atoms with Gasteiger partial charge in [-0.25, -0.2) is 0 Å². The predicted octanol–water partition coefficient (Wildman–Crippen LogP) is 5.36. The van der Waals surface area contributed by atoms with Crippen LogP contribution in [0.4, 0.5) is 0 Å². The SMILES string of the molecule is CC(C)(C)c1ccc(C2C(C(=O)c3ccco3)=C(O)C(=O)N2Cc2ccccc2)cc1. The zero-order valence-electron chi connectivity index (χ0n) is 17.8. The Balaban J connectivity index is 1.79. The Morgan fingerprint density at radius 3 is 2.26 bits per heavy atom. The smallest absolute Gasteiger partial charge is 0.290 e. The highest BCUT2D eigenvalue weighted by atomic mass is 16.3. The summed E-state index contributed by atoms with van der Waals surface area (Å²) in [6.45, 7) is 6.64. The third-order valence-corrected chi connectivity index (χ3v) is 5.58. The Kier molecular flexibility index (Phi) is 5.27. The van der Waals surface area contributed by atoms with Crippen LogP contribution in [-0.2, 0) is 16.8 Å².